The van der Waals surface area contributed by atoms with E-state index in [1.165, 1.54) is 12.1 Å². The van der Waals surface area contributed by atoms with Crippen molar-refractivity contribution in [2.75, 3.05) is 19.6 Å². The zero-order valence-electron chi connectivity index (χ0n) is 9.57. The summed E-state index contributed by atoms with van der Waals surface area (Å²) >= 11 is 0. The Morgan fingerprint density at radius 1 is 1.22 bits per heavy atom. The molecule has 0 aromatic heterocycles. The van der Waals surface area contributed by atoms with Gasteiger partial charge in [-0.3, -0.25) is 4.79 Å². The Labute approximate surface area is 103 Å². The number of amides is 1. The third kappa shape index (κ3) is 3.01. The Bertz CT molecular complexity index is 428. The van der Waals surface area contributed by atoms with E-state index in [0.29, 0.717) is 25.2 Å². The average molecular weight is 257 g/mol. The molecule has 1 aromatic carbocycles. The second kappa shape index (κ2) is 4.97. The largest absolute Gasteiger partial charge is 0.416 e. The molecule has 0 saturated carbocycles. The van der Waals surface area contributed by atoms with Crippen molar-refractivity contribution in [1.82, 2.24) is 10.2 Å². The Morgan fingerprint density at radius 2 is 1.89 bits per heavy atom. The Kier molecular flexibility index (Phi) is 3.56. The second-order valence-corrected chi connectivity index (χ2v) is 4.12. The van der Waals surface area contributed by atoms with Crippen LogP contribution < -0.4 is 5.32 Å². The first-order chi connectivity index (χ1) is 8.47. The van der Waals surface area contributed by atoms with Crippen LogP contribution in [0, 0.1) is 0 Å². The number of hydrogen-bond donors (Lipinski definition) is 0. The van der Waals surface area contributed by atoms with E-state index in [0.717, 1.165) is 12.1 Å². The molecular formula is C12H12F3N2O. The van der Waals surface area contributed by atoms with Crippen molar-refractivity contribution in [2.24, 2.45) is 0 Å². The minimum Gasteiger partial charge on any atom is -0.336 e. The zero-order valence-corrected chi connectivity index (χ0v) is 9.57. The fraction of sp³-hybridized carbons (Fsp3) is 0.417. The first-order valence-electron chi connectivity index (χ1n) is 5.54. The van der Waals surface area contributed by atoms with Crippen molar-refractivity contribution in [1.29, 1.82) is 0 Å². The lowest BCUT2D eigenvalue weighted by atomic mass is 10.1. The van der Waals surface area contributed by atoms with Crippen LogP contribution in [0.4, 0.5) is 13.2 Å². The summed E-state index contributed by atoms with van der Waals surface area (Å²) in [5.74, 6) is -0.0823. The number of benzene rings is 1. The van der Waals surface area contributed by atoms with Gasteiger partial charge in [0.1, 0.15) is 0 Å². The average Bonchev–Trinajstić information content (AvgIpc) is 2.32. The van der Waals surface area contributed by atoms with Crippen molar-refractivity contribution >= 4 is 5.91 Å². The summed E-state index contributed by atoms with van der Waals surface area (Å²) in [6, 6.07) is 4.88. The minimum atomic E-state index is -4.32. The van der Waals surface area contributed by atoms with Crippen LogP contribution in [0.2, 0.25) is 0 Å². The summed E-state index contributed by atoms with van der Waals surface area (Å²) in [5, 5.41) is 3.96. The third-order valence-corrected chi connectivity index (χ3v) is 2.78. The summed E-state index contributed by atoms with van der Waals surface area (Å²) in [4.78, 5) is 13.1. The van der Waals surface area contributed by atoms with E-state index in [1.54, 1.807) is 4.90 Å². The molecule has 1 heterocycles. The van der Waals surface area contributed by atoms with Crippen LogP contribution in [0.15, 0.2) is 24.3 Å². The minimum absolute atomic E-state index is 0.0823. The Hall–Kier alpha value is -1.56. The molecule has 1 saturated heterocycles. The maximum atomic E-state index is 12.4. The highest BCUT2D eigenvalue weighted by molar-refractivity contribution is 5.78. The van der Waals surface area contributed by atoms with Crippen LogP contribution in [-0.4, -0.2) is 30.4 Å². The third-order valence-electron chi connectivity index (χ3n) is 2.78. The number of rotatable bonds is 2. The zero-order chi connectivity index (χ0) is 13.2. The van der Waals surface area contributed by atoms with Crippen molar-refractivity contribution in [3.05, 3.63) is 35.4 Å². The predicted molar refractivity (Wildman–Crippen MR) is 58.7 cm³/mol. The van der Waals surface area contributed by atoms with Crippen molar-refractivity contribution in [2.45, 2.75) is 12.7 Å². The van der Waals surface area contributed by atoms with E-state index in [1.807, 2.05) is 0 Å². The summed E-state index contributed by atoms with van der Waals surface area (Å²) in [6.07, 6.45) is -4.32. The van der Waals surface area contributed by atoms with Gasteiger partial charge in [0.15, 0.2) is 0 Å². The summed E-state index contributed by atoms with van der Waals surface area (Å²) < 4.78 is 37.1. The van der Waals surface area contributed by atoms with Gasteiger partial charge in [-0.2, -0.15) is 13.2 Å². The summed E-state index contributed by atoms with van der Waals surface area (Å²) in [6.45, 7) is 1.62. The first kappa shape index (κ1) is 12.9. The number of piperazine rings is 1. The number of alkyl halides is 3. The smallest absolute Gasteiger partial charge is 0.336 e. The van der Waals surface area contributed by atoms with Gasteiger partial charge in [0.25, 0.3) is 0 Å². The molecule has 1 fully saturated rings. The molecule has 0 N–H and O–H groups in total. The van der Waals surface area contributed by atoms with E-state index in [9.17, 15) is 18.0 Å². The predicted octanol–water partition coefficient (Wildman–Crippen LogP) is 1.65. The SMILES string of the molecule is O=C1C[N]CCN1Cc1ccc(C(F)(F)F)cc1. The van der Waals surface area contributed by atoms with E-state index in [4.69, 9.17) is 0 Å². The van der Waals surface area contributed by atoms with Gasteiger partial charge in [0, 0.05) is 19.6 Å². The highest BCUT2D eigenvalue weighted by Gasteiger charge is 2.30. The molecule has 1 radical (unpaired) electrons. The number of carbonyl (C=O) groups is 1. The Balaban J connectivity index is 2.04. The molecule has 0 bridgehead atoms. The molecule has 1 amide bonds. The van der Waals surface area contributed by atoms with Crippen LogP contribution in [0.1, 0.15) is 11.1 Å². The summed E-state index contributed by atoms with van der Waals surface area (Å²) in [5.41, 5.74) is 0.0180. The molecule has 2 rings (SSSR count). The lowest BCUT2D eigenvalue weighted by Gasteiger charge is -2.26. The molecule has 0 atom stereocenters. The van der Waals surface area contributed by atoms with Crippen LogP contribution in [0.25, 0.3) is 0 Å². The van der Waals surface area contributed by atoms with E-state index >= 15 is 0 Å². The van der Waals surface area contributed by atoms with Crippen LogP contribution in [0.3, 0.4) is 0 Å². The number of hydrogen-bond acceptors (Lipinski definition) is 1. The molecule has 0 unspecified atom stereocenters. The number of nitrogens with zero attached hydrogens (tertiary/aromatic N) is 2. The molecule has 0 spiro atoms. The molecule has 1 aliphatic heterocycles. The lowest BCUT2D eigenvalue weighted by molar-refractivity contribution is -0.137. The summed E-state index contributed by atoms with van der Waals surface area (Å²) in [7, 11) is 0. The van der Waals surface area contributed by atoms with Crippen molar-refractivity contribution < 1.29 is 18.0 Å². The number of carbonyl (C=O) groups excluding carboxylic acids is 1. The molecule has 18 heavy (non-hydrogen) atoms. The lowest BCUT2D eigenvalue weighted by Crippen LogP contribution is -2.44. The highest BCUT2D eigenvalue weighted by Crippen LogP contribution is 2.29. The fourth-order valence-electron chi connectivity index (χ4n) is 1.78. The van der Waals surface area contributed by atoms with Gasteiger partial charge < -0.3 is 4.90 Å². The van der Waals surface area contributed by atoms with Crippen molar-refractivity contribution in [3.63, 3.8) is 0 Å². The standard InChI is InChI=1S/C12H12F3N2O/c13-12(14,15)10-3-1-9(2-4-10)8-17-6-5-16-7-11(17)18/h1-4H,5-8H2. The van der Waals surface area contributed by atoms with Crippen LogP contribution in [-0.2, 0) is 17.5 Å². The van der Waals surface area contributed by atoms with Gasteiger partial charge in [0.2, 0.25) is 5.91 Å². The van der Waals surface area contributed by atoms with Gasteiger partial charge >= 0.3 is 6.18 Å². The molecular weight excluding hydrogens is 245 g/mol. The fourth-order valence-corrected chi connectivity index (χ4v) is 1.78. The monoisotopic (exact) mass is 257 g/mol. The van der Waals surface area contributed by atoms with Gasteiger partial charge in [-0.05, 0) is 17.7 Å². The van der Waals surface area contributed by atoms with Gasteiger partial charge in [-0.1, -0.05) is 12.1 Å². The topological polar surface area (TPSA) is 34.4 Å². The molecule has 97 valence electrons. The van der Waals surface area contributed by atoms with E-state index in [-0.39, 0.29) is 12.5 Å². The van der Waals surface area contributed by atoms with Crippen LogP contribution in [0.5, 0.6) is 0 Å². The number of halogens is 3. The van der Waals surface area contributed by atoms with Gasteiger partial charge in [0.05, 0.1) is 12.1 Å². The van der Waals surface area contributed by atoms with Gasteiger partial charge in [-0.15, -0.1) is 0 Å². The molecule has 1 aromatic rings. The normalized spacial score (nSPS) is 17.1. The van der Waals surface area contributed by atoms with E-state index < -0.39 is 11.7 Å². The van der Waals surface area contributed by atoms with Gasteiger partial charge in [-0.25, -0.2) is 5.32 Å². The molecule has 1 aliphatic rings. The first-order valence-corrected chi connectivity index (χ1v) is 5.54. The maximum absolute atomic E-state index is 12.4. The Morgan fingerprint density at radius 3 is 2.44 bits per heavy atom. The molecule has 0 aliphatic carbocycles. The quantitative estimate of drug-likeness (QED) is 0.793. The second-order valence-electron chi connectivity index (χ2n) is 4.12. The maximum Gasteiger partial charge on any atom is 0.416 e. The van der Waals surface area contributed by atoms with Crippen molar-refractivity contribution in [3.8, 4) is 0 Å². The molecule has 3 nitrogen and oxygen atoms in total. The highest BCUT2D eigenvalue weighted by atomic mass is 19.4. The van der Waals surface area contributed by atoms with Crippen LogP contribution >= 0.6 is 0 Å². The molecule has 6 heteroatoms. The van der Waals surface area contributed by atoms with E-state index in [2.05, 4.69) is 5.32 Å².